The SMILES string of the molecule is O=C(Nc1ccccc1)c1cnc(NC2CCC(O)CC2)s1. The summed E-state index contributed by atoms with van der Waals surface area (Å²) < 4.78 is 0. The minimum atomic E-state index is -0.165. The third-order valence-corrected chi connectivity index (χ3v) is 4.71. The number of benzene rings is 1. The predicted molar refractivity (Wildman–Crippen MR) is 88.4 cm³/mol. The lowest BCUT2D eigenvalue weighted by atomic mass is 9.93. The van der Waals surface area contributed by atoms with Crippen molar-refractivity contribution in [2.75, 3.05) is 10.6 Å². The lowest BCUT2D eigenvalue weighted by Gasteiger charge is -2.25. The molecule has 6 heteroatoms. The number of carbonyl (C=O) groups is 1. The Hall–Kier alpha value is -1.92. The highest BCUT2D eigenvalue weighted by Crippen LogP contribution is 2.25. The maximum atomic E-state index is 12.2. The van der Waals surface area contributed by atoms with Crippen LogP contribution in [0.2, 0.25) is 0 Å². The number of aliphatic hydroxyl groups is 1. The van der Waals surface area contributed by atoms with Gasteiger partial charge in [-0.05, 0) is 37.8 Å². The topological polar surface area (TPSA) is 74.2 Å². The molecule has 3 rings (SSSR count). The number of aliphatic hydroxyl groups excluding tert-OH is 1. The van der Waals surface area contributed by atoms with Gasteiger partial charge >= 0.3 is 0 Å². The summed E-state index contributed by atoms with van der Waals surface area (Å²) >= 11 is 1.36. The van der Waals surface area contributed by atoms with E-state index in [2.05, 4.69) is 15.6 Å². The first-order chi connectivity index (χ1) is 10.7. The first kappa shape index (κ1) is 15.0. The van der Waals surface area contributed by atoms with Gasteiger partial charge in [0.05, 0.1) is 12.3 Å². The highest BCUT2D eigenvalue weighted by atomic mass is 32.1. The summed E-state index contributed by atoms with van der Waals surface area (Å²) in [6.07, 6.45) is 4.96. The van der Waals surface area contributed by atoms with E-state index in [1.807, 2.05) is 30.3 Å². The summed E-state index contributed by atoms with van der Waals surface area (Å²) in [6, 6.07) is 9.71. The zero-order valence-corrected chi connectivity index (χ0v) is 13.0. The van der Waals surface area contributed by atoms with E-state index in [1.54, 1.807) is 6.20 Å². The fraction of sp³-hybridized carbons (Fsp3) is 0.375. The molecule has 1 saturated carbocycles. The molecule has 22 heavy (non-hydrogen) atoms. The van der Waals surface area contributed by atoms with E-state index < -0.39 is 0 Å². The number of para-hydroxylation sites is 1. The maximum absolute atomic E-state index is 12.2. The number of carbonyl (C=O) groups excluding carboxylic acids is 1. The number of nitrogens with zero attached hydrogens (tertiary/aromatic N) is 1. The number of hydrogen-bond donors (Lipinski definition) is 3. The van der Waals surface area contributed by atoms with Gasteiger partial charge in [0.25, 0.3) is 5.91 Å². The summed E-state index contributed by atoms with van der Waals surface area (Å²) in [4.78, 5) is 17.0. The van der Waals surface area contributed by atoms with Crippen molar-refractivity contribution in [2.24, 2.45) is 0 Å². The van der Waals surface area contributed by atoms with Crippen LogP contribution in [0.1, 0.15) is 35.4 Å². The molecule has 1 heterocycles. The molecule has 0 radical (unpaired) electrons. The number of aromatic nitrogens is 1. The molecule has 1 fully saturated rings. The van der Waals surface area contributed by atoms with Gasteiger partial charge in [-0.25, -0.2) is 4.98 Å². The van der Waals surface area contributed by atoms with Gasteiger partial charge in [0, 0.05) is 11.7 Å². The first-order valence-corrected chi connectivity index (χ1v) is 8.29. The fourth-order valence-electron chi connectivity index (χ4n) is 2.55. The van der Waals surface area contributed by atoms with Crippen LogP contribution < -0.4 is 10.6 Å². The minimum Gasteiger partial charge on any atom is -0.393 e. The monoisotopic (exact) mass is 317 g/mol. The number of anilines is 2. The normalized spacial score (nSPS) is 21.3. The van der Waals surface area contributed by atoms with E-state index in [4.69, 9.17) is 0 Å². The highest BCUT2D eigenvalue weighted by Gasteiger charge is 2.20. The predicted octanol–water partition coefficient (Wildman–Crippen LogP) is 3.11. The van der Waals surface area contributed by atoms with Gasteiger partial charge in [-0.1, -0.05) is 29.5 Å². The third-order valence-electron chi connectivity index (χ3n) is 3.79. The average molecular weight is 317 g/mol. The Kier molecular flexibility index (Phi) is 4.70. The van der Waals surface area contributed by atoms with Crippen LogP contribution in [0.5, 0.6) is 0 Å². The molecule has 1 amide bonds. The quantitative estimate of drug-likeness (QED) is 0.810. The summed E-state index contributed by atoms with van der Waals surface area (Å²) in [7, 11) is 0. The van der Waals surface area contributed by atoms with E-state index in [-0.39, 0.29) is 12.0 Å². The highest BCUT2D eigenvalue weighted by molar-refractivity contribution is 7.17. The number of thiazole rings is 1. The maximum Gasteiger partial charge on any atom is 0.267 e. The molecule has 0 unspecified atom stereocenters. The molecule has 3 N–H and O–H groups in total. The van der Waals surface area contributed by atoms with E-state index >= 15 is 0 Å². The lowest BCUT2D eigenvalue weighted by Crippen LogP contribution is -2.28. The molecule has 0 saturated heterocycles. The largest absolute Gasteiger partial charge is 0.393 e. The molecule has 0 atom stereocenters. The zero-order valence-electron chi connectivity index (χ0n) is 12.2. The molecule has 1 aromatic carbocycles. The van der Waals surface area contributed by atoms with Gasteiger partial charge < -0.3 is 15.7 Å². The van der Waals surface area contributed by atoms with E-state index in [9.17, 15) is 9.90 Å². The Labute approximate surface area is 133 Å². The molecule has 0 bridgehead atoms. The Morgan fingerprint density at radius 1 is 1.18 bits per heavy atom. The second-order valence-corrected chi connectivity index (χ2v) is 6.53. The summed E-state index contributed by atoms with van der Waals surface area (Å²) in [5, 5.41) is 16.5. The number of hydrogen-bond acceptors (Lipinski definition) is 5. The molecule has 5 nitrogen and oxygen atoms in total. The standard InChI is InChI=1S/C16H19N3O2S/c20-13-8-6-12(7-9-13)19-16-17-10-14(22-16)15(21)18-11-4-2-1-3-5-11/h1-5,10,12-13,20H,6-9H2,(H,17,19)(H,18,21). The van der Waals surface area contributed by atoms with Crippen LogP contribution in [0.3, 0.4) is 0 Å². The number of rotatable bonds is 4. The van der Waals surface area contributed by atoms with Crippen LogP contribution in [0, 0.1) is 0 Å². The molecule has 2 aromatic rings. The third kappa shape index (κ3) is 3.84. The summed E-state index contributed by atoms with van der Waals surface area (Å²) in [5.74, 6) is -0.143. The molecular formula is C16H19N3O2S. The van der Waals surface area contributed by atoms with Gasteiger partial charge in [-0.3, -0.25) is 4.79 Å². The summed E-state index contributed by atoms with van der Waals surface area (Å²) in [5.41, 5.74) is 0.775. The van der Waals surface area contributed by atoms with Crippen LogP contribution in [0.15, 0.2) is 36.5 Å². The summed E-state index contributed by atoms with van der Waals surface area (Å²) in [6.45, 7) is 0. The second kappa shape index (κ2) is 6.89. The molecule has 1 aliphatic carbocycles. The van der Waals surface area contributed by atoms with Crippen molar-refractivity contribution in [1.82, 2.24) is 4.98 Å². The van der Waals surface area contributed by atoms with E-state index in [0.717, 1.165) is 36.5 Å². The average Bonchev–Trinajstić information content (AvgIpc) is 2.99. The molecule has 1 aromatic heterocycles. The zero-order chi connectivity index (χ0) is 15.4. The lowest BCUT2D eigenvalue weighted by molar-refractivity contribution is 0.103. The molecular weight excluding hydrogens is 298 g/mol. The van der Waals surface area contributed by atoms with Crippen molar-refractivity contribution in [3.05, 3.63) is 41.4 Å². The van der Waals surface area contributed by atoms with Crippen molar-refractivity contribution in [2.45, 2.75) is 37.8 Å². The molecule has 0 aliphatic heterocycles. The Bertz CT molecular complexity index is 621. The van der Waals surface area contributed by atoms with Crippen molar-refractivity contribution < 1.29 is 9.90 Å². The fourth-order valence-corrected chi connectivity index (χ4v) is 3.34. The Balaban J connectivity index is 1.57. The van der Waals surface area contributed by atoms with Crippen molar-refractivity contribution in [3.8, 4) is 0 Å². The van der Waals surface area contributed by atoms with Crippen molar-refractivity contribution in [3.63, 3.8) is 0 Å². The molecule has 1 aliphatic rings. The number of nitrogens with one attached hydrogen (secondary N) is 2. The van der Waals surface area contributed by atoms with Gasteiger partial charge in [-0.2, -0.15) is 0 Å². The van der Waals surface area contributed by atoms with Gasteiger partial charge in [0.15, 0.2) is 5.13 Å². The van der Waals surface area contributed by atoms with Crippen molar-refractivity contribution in [1.29, 1.82) is 0 Å². The molecule has 116 valence electrons. The van der Waals surface area contributed by atoms with Gasteiger partial charge in [0.1, 0.15) is 4.88 Å². The minimum absolute atomic E-state index is 0.143. The van der Waals surface area contributed by atoms with Gasteiger partial charge in [0.2, 0.25) is 0 Å². The first-order valence-electron chi connectivity index (χ1n) is 7.47. The van der Waals surface area contributed by atoms with Crippen LogP contribution in [-0.4, -0.2) is 28.1 Å². The Morgan fingerprint density at radius 2 is 1.91 bits per heavy atom. The van der Waals surface area contributed by atoms with Crippen molar-refractivity contribution >= 4 is 28.1 Å². The van der Waals surface area contributed by atoms with Crippen LogP contribution in [0.25, 0.3) is 0 Å². The number of amides is 1. The van der Waals surface area contributed by atoms with E-state index in [0.29, 0.717) is 10.9 Å². The van der Waals surface area contributed by atoms with Crippen LogP contribution in [-0.2, 0) is 0 Å². The molecule has 0 spiro atoms. The smallest absolute Gasteiger partial charge is 0.267 e. The van der Waals surface area contributed by atoms with Crippen LogP contribution >= 0.6 is 11.3 Å². The Morgan fingerprint density at radius 3 is 2.64 bits per heavy atom. The second-order valence-electron chi connectivity index (χ2n) is 5.50. The van der Waals surface area contributed by atoms with Gasteiger partial charge in [-0.15, -0.1) is 0 Å². The van der Waals surface area contributed by atoms with Crippen LogP contribution in [0.4, 0.5) is 10.8 Å². The van der Waals surface area contributed by atoms with E-state index in [1.165, 1.54) is 11.3 Å².